The Bertz CT molecular complexity index is 1000. The lowest BCUT2D eigenvalue weighted by atomic mass is 10.2. The standard InChI is InChI=1S/C17H15BrF2N2O4S/c1-26-17(23)9-21-10-22(8-11-2-3-12(18)6-14(11)20)27(24,25)16-7-13(19)4-5-15(16)21/h2-7H,8-10H2,1H3. The molecular weight excluding hydrogens is 446 g/mol. The van der Waals surface area contributed by atoms with Gasteiger partial charge in [-0.2, -0.15) is 4.31 Å². The first-order chi connectivity index (χ1) is 12.7. The van der Waals surface area contributed by atoms with Crippen LogP contribution in [-0.4, -0.2) is 39.0 Å². The Morgan fingerprint density at radius 1 is 1.22 bits per heavy atom. The molecule has 0 fully saturated rings. The Morgan fingerprint density at radius 3 is 2.63 bits per heavy atom. The number of nitrogens with zero attached hydrogens (tertiary/aromatic N) is 2. The number of hydrogen-bond acceptors (Lipinski definition) is 5. The Hall–Kier alpha value is -2.04. The molecule has 0 spiro atoms. The summed E-state index contributed by atoms with van der Waals surface area (Å²) in [5.41, 5.74) is 0.342. The Morgan fingerprint density at radius 2 is 1.96 bits per heavy atom. The lowest BCUT2D eigenvalue weighted by molar-refractivity contribution is -0.139. The highest BCUT2D eigenvalue weighted by atomic mass is 79.9. The fourth-order valence-corrected chi connectivity index (χ4v) is 4.70. The van der Waals surface area contributed by atoms with Crippen molar-refractivity contribution >= 4 is 37.6 Å². The van der Waals surface area contributed by atoms with Gasteiger partial charge in [-0.3, -0.25) is 4.79 Å². The van der Waals surface area contributed by atoms with Gasteiger partial charge in [0.05, 0.1) is 19.5 Å². The van der Waals surface area contributed by atoms with Crippen LogP contribution in [0, 0.1) is 11.6 Å². The van der Waals surface area contributed by atoms with E-state index >= 15 is 0 Å². The van der Waals surface area contributed by atoms with Crippen LogP contribution in [0.1, 0.15) is 5.56 Å². The van der Waals surface area contributed by atoms with Crippen LogP contribution in [0.5, 0.6) is 0 Å². The van der Waals surface area contributed by atoms with E-state index in [2.05, 4.69) is 20.7 Å². The van der Waals surface area contributed by atoms with E-state index in [1.165, 1.54) is 30.2 Å². The molecule has 0 amide bonds. The lowest BCUT2D eigenvalue weighted by Gasteiger charge is -2.37. The van der Waals surface area contributed by atoms with Crippen molar-refractivity contribution < 1.29 is 26.7 Å². The van der Waals surface area contributed by atoms with Crippen LogP contribution in [0.4, 0.5) is 14.5 Å². The number of esters is 1. The van der Waals surface area contributed by atoms with Crippen molar-refractivity contribution in [2.45, 2.75) is 11.4 Å². The molecule has 27 heavy (non-hydrogen) atoms. The number of carbonyl (C=O) groups is 1. The zero-order valence-electron chi connectivity index (χ0n) is 14.2. The molecule has 0 saturated carbocycles. The van der Waals surface area contributed by atoms with E-state index in [0.717, 1.165) is 16.4 Å². The van der Waals surface area contributed by atoms with Gasteiger partial charge in [0.2, 0.25) is 10.0 Å². The molecule has 10 heteroatoms. The molecule has 0 N–H and O–H groups in total. The number of halogens is 3. The summed E-state index contributed by atoms with van der Waals surface area (Å²) >= 11 is 3.14. The average molecular weight is 461 g/mol. The molecule has 3 rings (SSSR count). The minimum atomic E-state index is -4.08. The van der Waals surface area contributed by atoms with Gasteiger partial charge in [0.1, 0.15) is 23.1 Å². The van der Waals surface area contributed by atoms with Crippen molar-refractivity contribution in [1.82, 2.24) is 4.31 Å². The van der Waals surface area contributed by atoms with Gasteiger partial charge >= 0.3 is 5.97 Å². The topological polar surface area (TPSA) is 66.9 Å². The number of hydrogen-bond donors (Lipinski definition) is 0. The number of ether oxygens (including phenoxy) is 1. The van der Waals surface area contributed by atoms with Gasteiger partial charge < -0.3 is 9.64 Å². The van der Waals surface area contributed by atoms with Crippen molar-refractivity contribution in [3.8, 4) is 0 Å². The summed E-state index contributed by atoms with van der Waals surface area (Å²) in [6, 6.07) is 7.58. The van der Waals surface area contributed by atoms with E-state index in [4.69, 9.17) is 0 Å². The molecule has 1 aliphatic heterocycles. The van der Waals surface area contributed by atoms with Crippen LogP contribution >= 0.6 is 15.9 Å². The third kappa shape index (κ3) is 3.97. The van der Waals surface area contributed by atoms with E-state index in [1.54, 1.807) is 6.07 Å². The van der Waals surface area contributed by atoms with E-state index in [9.17, 15) is 22.0 Å². The smallest absolute Gasteiger partial charge is 0.325 e. The van der Waals surface area contributed by atoms with E-state index in [-0.39, 0.29) is 35.9 Å². The maximum Gasteiger partial charge on any atom is 0.325 e. The Balaban J connectivity index is 2.03. The van der Waals surface area contributed by atoms with Crippen molar-refractivity contribution in [1.29, 1.82) is 0 Å². The zero-order valence-corrected chi connectivity index (χ0v) is 16.6. The van der Waals surface area contributed by atoms with E-state index in [1.807, 2.05) is 0 Å². The summed E-state index contributed by atoms with van der Waals surface area (Å²) in [6.45, 7) is -0.704. The third-order valence-electron chi connectivity index (χ3n) is 4.12. The van der Waals surface area contributed by atoms with Gasteiger partial charge in [0, 0.05) is 16.6 Å². The van der Waals surface area contributed by atoms with Crippen molar-refractivity contribution in [2.24, 2.45) is 0 Å². The number of carbonyl (C=O) groups excluding carboxylic acids is 1. The molecule has 2 aromatic rings. The summed E-state index contributed by atoms with van der Waals surface area (Å²) in [4.78, 5) is 12.9. The van der Waals surface area contributed by atoms with Crippen LogP contribution in [0.25, 0.3) is 0 Å². The summed E-state index contributed by atoms with van der Waals surface area (Å²) < 4.78 is 59.9. The van der Waals surface area contributed by atoms with Gasteiger partial charge in [-0.1, -0.05) is 22.0 Å². The zero-order chi connectivity index (χ0) is 19.8. The minimum Gasteiger partial charge on any atom is -0.468 e. The molecule has 1 heterocycles. The predicted molar refractivity (Wildman–Crippen MR) is 97.5 cm³/mol. The highest BCUT2D eigenvalue weighted by molar-refractivity contribution is 9.10. The molecule has 0 aliphatic carbocycles. The molecule has 0 atom stereocenters. The van der Waals surface area contributed by atoms with Crippen molar-refractivity contribution in [3.63, 3.8) is 0 Å². The molecular formula is C17H15BrF2N2O4S. The largest absolute Gasteiger partial charge is 0.468 e. The van der Waals surface area contributed by atoms with Gasteiger partial charge in [-0.25, -0.2) is 17.2 Å². The number of benzene rings is 2. The molecule has 0 aromatic heterocycles. The molecule has 6 nitrogen and oxygen atoms in total. The average Bonchev–Trinajstić information content (AvgIpc) is 2.61. The van der Waals surface area contributed by atoms with Gasteiger partial charge in [-0.05, 0) is 30.3 Å². The van der Waals surface area contributed by atoms with Crippen LogP contribution in [0.3, 0.4) is 0 Å². The maximum atomic E-state index is 14.2. The first kappa shape index (κ1) is 19.7. The number of fused-ring (bicyclic) bond motifs is 1. The molecule has 0 saturated heterocycles. The van der Waals surface area contributed by atoms with E-state index < -0.39 is 27.6 Å². The number of methoxy groups -OCH3 is 1. The molecule has 0 radical (unpaired) electrons. The fraction of sp³-hybridized carbons (Fsp3) is 0.235. The van der Waals surface area contributed by atoms with Crippen LogP contribution in [-0.2, 0) is 26.1 Å². The SMILES string of the molecule is COC(=O)CN1CN(Cc2ccc(Br)cc2F)S(=O)(=O)c2cc(F)ccc21. The van der Waals surface area contributed by atoms with Crippen molar-refractivity contribution in [3.05, 3.63) is 58.1 Å². The van der Waals surface area contributed by atoms with Crippen LogP contribution in [0.2, 0.25) is 0 Å². The van der Waals surface area contributed by atoms with Crippen molar-refractivity contribution in [2.75, 3.05) is 25.2 Å². The lowest BCUT2D eigenvalue weighted by Crippen LogP contribution is -2.48. The number of rotatable bonds is 4. The second-order valence-corrected chi connectivity index (χ2v) is 8.70. The first-order valence-electron chi connectivity index (χ1n) is 7.78. The van der Waals surface area contributed by atoms with Gasteiger partial charge in [0.25, 0.3) is 0 Å². The van der Waals surface area contributed by atoms with E-state index in [0.29, 0.717) is 4.47 Å². The second-order valence-electron chi connectivity index (χ2n) is 5.88. The quantitative estimate of drug-likeness (QED) is 0.656. The van der Waals surface area contributed by atoms with Gasteiger partial charge in [0.15, 0.2) is 0 Å². The molecule has 144 valence electrons. The monoisotopic (exact) mass is 460 g/mol. The predicted octanol–water partition coefficient (Wildman–Crippen LogP) is 2.87. The Kier molecular flexibility index (Phi) is 5.50. The Labute approximate surface area is 163 Å². The second kappa shape index (κ2) is 7.53. The minimum absolute atomic E-state index is 0.152. The normalized spacial score (nSPS) is 16.1. The van der Waals surface area contributed by atoms with Crippen LogP contribution < -0.4 is 4.90 Å². The number of anilines is 1. The summed E-state index contributed by atoms with van der Waals surface area (Å²) in [7, 11) is -2.87. The summed E-state index contributed by atoms with van der Waals surface area (Å²) in [5, 5.41) is 0. The first-order valence-corrected chi connectivity index (χ1v) is 10.0. The maximum absolute atomic E-state index is 14.2. The molecule has 0 bridgehead atoms. The highest BCUT2D eigenvalue weighted by Crippen LogP contribution is 2.34. The molecule has 1 aliphatic rings. The molecule has 0 unspecified atom stereocenters. The van der Waals surface area contributed by atoms with Crippen LogP contribution in [0.15, 0.2) is 45.8 Å². The summed E-state index contributed by atoms with van der Waals surface area (Å²) in [5.74, 6) is -1.89. The highest BCUT2D eigenvalue weighted by Gasteiger charge is 2.37. The fourth-order valence-electron chi connectivity index (χ4n) is 2.77. The summed E-state index contributed by atoms with van der Waals surface area (Å²) in [6.07, 6.45) is 0. The van der Waals surface area contributed by atoms with Gasteiger partial charge in [-0.15, -0.1) is 0 Å². The third-order valence-corrected chi connectivity index (χ3v) is 6.42. The molecule has 2 aromatic carbocycles. The number of sulfonamides is 1.